The zero-order valence-electron chi connectivity index (χ0n) is 13.9. The largest absolute Gasteiger partial charge is 0.361 e. The second kappa shape index (κ2) is 7.01. The molecule has 0 unspecified atom stereocenters. The SMILES string of the molecule is c1cnc(N2CCN(CCCc3c[nH]c4ccccc34)CC2)nc1. The summed E-state index contributed by atoms with van der Waals surface area (Å²) in [7, 11) is 0. The third-order valence-corrected chi connectivity index (χ3v) is 4.80. The maximum Gasteiger partial charge on any atom is 0.225 e. The molecule has 1 aliphatic heterocycles. The van der Waals surface area contributed by atoms with Crippen molar-refractivity contribution in [1.82, 2.24) is 19.9 Å². The number of nitrogens with one attached hydrogen (secondary N) is 1. The van der Waals surface area contributed by atoms with Gasteiger partial charge in [-0.15, -0.1) is 0 Å². The van der Waals surface area contributed by atoms with Crippen molar-refractivity contribution in [2.24, 2.45) is 0 Å². The van der Waals surface area contributed by atoms with Crippen LogP contribution < -0.4 is 4.90 Å². The van der Waals surface area contributed by atoms with E-state index >= 15 is 0 Å². The van der Waals surface area contributed by atoms with Crippen LogP contribution in [0.1, 0.15) is 12.0 Å². The van der Waals surface area contributed by atoms with Crippen LogP contribution in [0.4, 0.5) is 5.95 Å². The van der Waals surface area contributed by atoms with E-state index in [2.05, 4.69) is 55.2 Å². The number of hydrogen-bond donors (Lipinski definition) is 1. The van der Waals surface area contributed by atoms with E-state index in [9.17, 15) is 0 Å². The van der Waals surface area contributed by atoms with Crippen molar-refractivity contribution in [3.05, 3.63) is 54.5 Å². The predicted octanol–water partition coefficient (Wildman–Crippen LogP) is 2.71. The number of para-hydroxylation sites is 1. The summed E-state index contributed by atoms with van der Waals surface area (Å²) in [5.74, 6) is 0.857. The van der Waals surface area contributed by atoms with Crippen LogP contribution in [0.2, 0.25) is 0 Å². The summed E-state index contributed by atoms with van der Waals surface area (Å²) < 4.78 is 0. The first kappa shape index (κ1) is 15.1. The van der Waals surface area contributed by atoms with Crippen molar-refractivity contribution in [2.75, 3.05) is 37.6 Å². The van der Waals surface area contributed by atoms with E-state index in [4.69, 9.17) is 0 Å². The van der Waals surface area contributed by atoms with E-state index in [1.165, 1.54) is 22.9 Å². The van der Waals surface area contributed by atoms with E-state index in [1.54, 1.807) is 0 Å². The first-order chi connectivity index (χ1) is 11.9. The van der Waals surface area contributed by atoms with Crippen molar-refractivity contribution in [2.45, 2.75) is 12.8 Å². The zero-order chi connectivity index (χ0) is 16.2. The molecule has 1 aromatic carbocycles. The average Bonchev–Trinajstić information content (AvgIpc) is 3.06. The Bertz CT molecular complexity index is 775. The average molecular weight is 321 g/mol. The number of hydrogen-bond acceptors (Lipinski definition) is 4. The van der Waals surface area contributed by atoms with Gasteiger partial charge < -0.3 is 9.88 Å². The quantitative estimate of drug-likeness (QED) is 0.785. The molecule has 2 aromatic heterocycles. The Morgan fingerprint density at radius 2 is 1.75 bits per heavy atom. The Morgan fingerprint density at radius 3 is 2.58 bits per heavy atom. The normalized spacial score (nSPS) is 15.9. The number of aromatic nitrogens is 3. The molecule has 1 aliphatic rings. The second-order valence-corrected chi connectivity index (χ2v) is 6.34. The van der Waals surface area contributed by atoms with Gasteiger partial charge in [0.1, 0.15) is 0 Å². The number of fused-ring (bicyclic) bond motifs is 1. The smallest absolute Gasteiger partial charge is 0.225 e. The number of anilines is 1. The van der Waals surface area contributed by atoms with Gasteiger partial charge in [-0.3, -0.25) is 4.90 Å². The fourth-order valence-electron chi connectivity index (χ4n) is 3.46. The molecule has 3 aromatic rings. The Hall–Kier alpha value is -2.40. The molecule has 5 heteroatoms. The molecule has 1 saturated heterocycles. The molecule has 0 atom stereocenters. The van der Waals surface area contributed by atoms with Crippen molar-refractivity contribution in [3.8, 4) is 0 Å². The molecule has 0 bridgehead atoms. The minimum absolute atomic E-state index is 0.857. The number of aryl methyl sites for hydroxylation is 1. The van der Waals surface area contributed by atoms with E-state index in [0.29, 0.717) is 0 Å². The van der Waals surface area contributed by atoms with Crippen molar-refractivity contribution in [3.63, 3.8) is 0 Å². The van der Waals surface area contributed by atoms with Crippen molar-refractivity contribution >= 4 is 16.9 Å². The van der Waals surface area contributed by atoms with Crippen LogP contribution in [-0.2, 0) is 6.42 Å². The highest BCUT2D eigenvalue weighted by atomic mass is 15.3. The maximum atomic E-state index is 4.35. The summed E-state index contributed by atoms with van der Waals surface area (Å²) >= 11 is 0. The Balaban J connectivity index is 1.26. The van der Waals surface area contributed by atoms with Gasteiger partial charge in [-0.25, -0.2) is 9.97 Å². The van der Waals surface area contributed by atoms with Gasteiger partial charge in [0.2, 0.25) is 5.95 Å². The molecular formula is C19H23N5. The molecule has 0 spiro atoms. The van der Waals surface area contributed by atoms with Crippen LogP contribution in [0.25, 0.3) is 10.9 Å². The van der Waals surface area contributed by atoms with Gasteiger partial charge in [0.25, 0.3) is 0 Å². The number of benzene rings is 1. The first-order valence-corrected chi connectivity index (χ1v) is 8.69. The first-order valence-electron chi connectivity index (χ1n) is 8.69. The summed E-state index contributed by atoms with van der Waals surface area (Å²) in [6.07, 6.45) is 8.12. The molecule has 1 fully saturated rings. The van der Waals surface area contributed by atoms with Crippen LogP contribution in [0.5, 0.6) is 0 Å². The summed E-state index contributed by atoms with van der Waals surface area (Å²) in [5.41, 5.74) is 2.67. The molecule has 0 aliphatic carbocycles. The Labute approximate surface area is 142 Å². The lowest BCUT2D eigenvalue weighted by molar-refractivity contribution is 0.254. The lowest BCUT2D eigenvalue weighted by Gasteiger charge is -2.34. The van der Waals surface area contributed by atoms with Gasteiger partial charge in [0.15, 0.2) is 0 Å². The monoisotopic (exact) mass is 321 g/mol. The number of nitrogens with zero attached hydrogens (tertiary/aromatic N) is 4. The van der Waals surface area contributed by atoms with Crippen LogP contribution in [0, 0.1) is 0 Å². The summed E-state index contributed by atoms with van der Waals surface area (Å²) in [5, 5.41) is 1.36. The molecular weight excluding hydrogens is 298 g/mol. The molecule has 24 heavy (non-hydrogen) atoms. The number of H-pyrrole nitrogens is 1. The third kappa shape index (κ3) is 3.26. The van der Waals surface area contributed by atoms with E-state index < -0.39 is 0 Å². The zero-order valence-corrected chi connectivity index (χ0v) is 13.9. The van der Waals surface area contributed by atoms with Gasteiger partial charge in [-0.05, 0) is 37.1 Å². The highest BCUT2D eigenvalue weighted by Gasteiger charge is 2.18. The van der Waals surface area contributed by atoms with Crippen LogP contribution in [-0.4, -0.2) is 52.6 Å². The van der Waals surface area contributed by atoms with Crippen LogP contribution >= 0.6 is 0 Å². The van der Waals surface area contributed by atoms with Gasteiger partial charge in [-0.1, -0.05) is 18.2 Å². The van der Waals surface area contributed by atoms with E-state index in [1.807, 2.05) is 18.5 Å². The minimum Gasteiger partial charge on any atom is -0.361 e. The molecule has 0 amide bonds. The van der Waals surface area contributed by atoms with E-state index in [-0.39, 0.29) is 0 Å². The number of rotatable bonds is 5. The molecule has 3 heterocycles. The molecule has 0 radical (unpaired) electrons. The summed E-state index contributed by atoms with van der Waals surface area (Å²) in [6.45, 7) is 5.36. The molecule has 0 saturated carbocycles. The Morgan fingerprint density at radius 1 is 0.958 bits per heavy atom. The van der Waals surface area contributed by atoms with Crippen molar-refractivity contribution in [1.29, 1.82) is 0 Å². The van der Waals surface area contributed by atoms with Crippen LogP contribution in [0.3, 0.4) is 0 Å². The van der Waals surface area contributed by atoms with Crippen molar-refractivity contribution < 1.29 is 0 Å². The number of aromatic amines is 1. The third-order valence-electron chi connectivity index (χ3n) is 4.80. The molecule has 124 valence electrons. The minimum atomic E-state index is 0.857. The molecule has 5 nitrogen and oxygen atoms in total. The molecule has 1 N–H and O–H groups in total. The van der Waals surface area contributed by atoms with Gasteiger partial charge in [0.05, 0.1) is 0 Å². The maximum absolute atomic E-state index is 4.35. The lowest BCUT2D eigenvalue weighted by Crippen LogP contribution is -2.47. The fraction of sp³-hybridized carbons (Fsp3) is 0.368. The topological polar surface area (TPSA) is 48.1 Å². The highest BCUT2D eigenvalue weighted by Crippen LogP contribution is 2.19. The van der Waals surface area contributed by atoms with Gasteiger partial charge in [-0.2, -0.15) is 0 Å². The Kier molecular flexibility index (Phi) is 4.42. The van der Waals surface area contributed by atoms with Crippen LogP contribution in [0.15, 0.2) is 48.9 Å². The number of piperazine rings is 1. The van der Waals surface area contributed by atoms with Gasteiger partial charge >= 0.3 is 0 Å². The fourth-order valence-corrected chi connectivity index (χ4v) is 3.46. The second-order valence-electron chi connectivity index (χ2n) is 6.34. The predicted molar refractivity (Wildman–Crippen MR) is 97.3 cm³/mol. The van der Waals surface area contributed by atoms with Gasteiger partial charge in [0, 0.05) is 55.7 Å². The standard InChI is InChI=1S/C19H23N5/c1-2-7-18-17(6-1)16(15-22-18)5-3-10-23-11-13-24(14-12-23)19-20-8-4-9-21-19/h1-2,4,6-9,15,22H,3,5,10-14H2. The molecule has 4 rings (SSSR count). The highest BCUT2D eigenvalue weighted by molar-refractivity contribution is 5.82. The lowest BCUT2D eigenvalue weighted by atomic mass is 10.1. The summed E-state index contributed by atoms with van der Waals surface area (Å²) in [4.78, 5) is 16.9. The summed E-state index contributed by atoms with van der Waals surface area (Å²) in [6, 6.07) is 10.4. The van der Waals surface area contributed by atoms with E-state index in [0.717, 1.165) is 45.1 Å².